The van der Waals surface area contributed by atoms with Crippen LogP contribution in [0.5, 0.6) is 11.5 Å². The van der Waals surface area contributed by atoms with Crippen LogP contribution in [0.1, 0.15) is 28.0 Å². The summed E-state index contributed by atoms with van der Waals surface area (Å²) in [6.45, 7) is 3.81. The van der Waals surface area contributed by atoms with Crippen molar-refractivity contribution in [1.82, 2.24) is 4.98 Å². The van der Waals surface area contributed by atoms with Gasteiger partial charge in [0.1, 0.15) is 18.1 Å². The maximum atomic E-state index is 12.3. The zero-order valence-electron chi connectivity index (χ0n) is 16.9. The Balaban J connectivity index is 1.50. The molecule has 156 valence electrons. The van der Waals surface area contributed by atoms with Crippen LogP contribution in [0.4, 0.5) is 5.69 Å². The number of hydrogen-bond donors (Lipinski definition) is 1. The maximum Gasteiger partial charge on any atom is 0.338 e. The van der Waals surface area contributed by atoms with E-state index in [0.29, 0.717) is 29.4 Å². The van der Waals surface area contributed by atoms with Crippen molar-refractivity contribution in [2.75, 3.05) is 12.4 Å². The number of thiazole rings is 1. The van der Waals surface area contributed by atoms with Crippen LogP contribution in [0.25, 0.3) is 0 Å². The molecule has 0 aliphatic heterocycles. The van der Waals surface area contributed by atoms with Crippen molar-refractivity contribution in [1.29, 1.82) is 0 Å². The van der Waals surface area contributed by atoms with Crippen LogP contribution >= 0.6 is 11.3 Å². The summed E-state index contributed by atoms with van der Waals surface area (Å²) >= 11 is 1.57. The van der Waals surface area contributed by atoms with Crippen molar-refractivity contribution >= 4 is 28.9 Å². The number of aromatic nitrogens is 1. The lowest BCUT2D eigenvalue weighted by molar-refractivity contribution is -0.123. The van der Waals surface area contributed by atoms with Crippen molar-refractivity contribution in [2.45, 2.75) is 26.6 Å². The molecule has 2 aromatic carbocycles. The van der Waals surface area contributed by atoms with E-state index in [0.717, 1.165) is 10.7 Å². The van der Waals surface area contributed by atoms with Gasteiger partial charge in [0.2, 0.25) is 0 Å². The lowest BCUT2D eigenvalue weighted by atomic mass is 10.2. The number of ether oxygens (including phenoxy) is 3. The highest BCUT2D eigenvalue weighted by Gasteiger charge is 2.19. The smallest absolute Gasteiger partial charge is 0.338 e. The third kappa shape index (κ3) is 5.81. The Labute approximate surface area is 178 Å². The van der Waals surface area contributed by atoms with Gasteiger partial charge >= 0.3 is 5.97 Å². The fourth-order valence-corrected chi connectivity index (χ4v) is 3.12. The summed E-state index contributed by atoms with van der Waals surface area (Å²) in [5.41, 5.74) is 1.77. The Morgan fingerprint density at radius 1 is 1.07 bits per heavy atom. The number of hydrogen-bond acceptors (Lipinski definition) is 7. The number of esters is 1. The number of nitrogens with one attached hydrogen (secondary N) is 1. The zero-order valence-corrected chi connectivity index (χ0v) is 17.7. The molecule has 1 heterocycles. The fraction of sp³-hybridized carbons (Fsp3) is 0.227. The van der Waals surface area contributed by atoms with E-state index in [4.69, 9.17) is 14.2 Å². The summed E-state index contributed by atoms with van der Waals surface area (Å²) in [5, 5.41) is 5.62. The van der Waals surface area contributed by atoms with Gasteiger partial charge < -0.3 is 19.5 Å². The van der Waals surface area contributed by atoms with Crippen LogP contribution in [0.2, 0.25) is 0 Å². The molecule has 1 amide bonds. The number of carbonyl (C=O) groups excluding carboxylic acids is 2. The molecule has 0 radical (unpaired) electrons. The molecule has 1 atom stereocenters. The molecule has 0 aliphatic rings. The van der Waals surface area contributed by atoms with Crippen LogP contribution in [0.15, 0.2) is 53.9 Å². The van der Waals surface area contributed by atoms with Gasteiger partial charge in [-0.05, 0) is 62.4 Å². The van der Waals surface area contributed by atoms with E-state index < -0.39 is 18.0 Å². The number of rotatable bonds is 8. The molecule has 0 bridgehead atoms. The van der Waals surface area contributed by atoms with Crippen molar-refractivity contribution < 1.29 is 23.8 Å². The number of amides is 1. The summed E-state index contributed by atoms with van der Waals surface area (Å²) in [7, 11) is 1.57. The minimum absolute atomic E-state index is 0.330. The average Bonchev–Trinajstić information content (AvgIpc) is 3.18. The first-order valence-corrected chi connectivity index (χ1v) is 10.1. The molecule has 3 rings (SSSR count). The largest absolute Gasteiger partial charge is 0.497 e. The van der Waals surface area contributed by atoms with Crippen LogP contribution < -0.4 is 14.8 Å². The van der Waals surface area contributed by atoms with Crippen molar-refractivity contribution in [3.63, 3.8) is 0 Å². The van der Waals surface area contributed by atoms with Crippen LogP contribution in [-0.4, -0.2) is 30.1 Å². The molecule has 3 aromatic rings. The predicted octanol–water partition coefficient (Wildman–Crippen LogP) is 4.22. The number of aryl methyl sites for hydroxylation is 1. The van der Waals surface area contributed by atoms with Gasteiger partial charge in [-0.15, -0.1) is 11.3 Å². The Bertz CT molecular complexity index is 999. The molecule has 1 aromatic heterocycles. The van der Waals surface area contributed by atoms with E-state index in [9.17, 15) is 9.59 Å². The number of carbonyl (C=O) groups is 2. The monoisotopic (exact) mass is 426 g/mol. The number of anilines is 1. The first-order valence-electron chi connectivity index (χ1n) is 9.24. The topological polar surface area (TPSA) is 86.8 Å². The molecule has 7 nitrogen and oxygen atoms in total. The van der Waals surface area contributed by atoms with E-state index in [2.05, 4.69) is 10.3 Å². The first-order chi connectivity index (χ1) is 14.4. The highest BCUT2D eigenvalue weighted by atomic mass is 32.1. The number of methoxy groups -OCH3 is 1. The van der Waals surface area contributed by atoms with Gasteiger partial charge in [0.15, 0.2) is 6.10 Å². The van der Waals surface area contributed by atoms with E-state index in [-0.39, 0.29) is 0 Å². The zero-order chi connectivity index (χ0) is 21.5. The summed E-state index contributed by atoms with van der Waals surface area (Å²) < 4.78 is 16.0. The first kappa shape index (κ1) is 21.3. The molecular formula is C22H22N2O5S. The minimum atomic E-state index is -0.955. The second-order valence-electron chi connectivity index (χ2n) is 6.44. The van der Waals surface area contributed by atoms with Gasteiger partial charge in [-0.1, -0.05) is 0 Å². The van der Waals surface area contributed by atoms with Gasteiger partial charge in [0.25, 0.3) is 5.91 Å². The Kier molecular flexibility index (Phi) is 7.03. The second-order valence-corrected chi connectivity index (χ2v) is 7.50. The normalized spacial score (nSPS) is 11.4. The summed E-state index contributed by atoms with van der Waals surface area (Å²) in [6, 6.07) is 13.4. The summed E-state index contributed by atoms with van der Waals surface area (Å²) in [6.07, 6.45) is -0.955. The van der Waals surface area contributed by atoms with Gasteiger partial charge in [-0.25, -0.2) is 9.78 Å². The van der Waals surface area contributed by atoms with E-state index in [1.165, 1.54) is 6.92 Å². The van der Waals surface area contributed by atoms with E-state index >= 15 is 0 Å². The van der Waals surface area contributed by atoms with E-state index in [1.807, 2.05) is 12.3 Å². The maximum absolute atomic E-state index is 12.3. The number of benzene rings is 2. The second kappa shape index (κ2) is 9.89. The van der Waals surface area contributed by atoms with E-state index in [1.54, 1.807) is 67.0 Å². The van der Waals surface area contributed by atoms with Gasteiger partial charge in [-0.3, -0.25) is 4.79 Å². The molecule has 30 heavy (non-hydrogen) atoms. The third-order valence-electron chi connectivity index (χ3n) is 4.15. The molecule has 0 aliphatic carbocycles. The van der Waals surface area contributed by atoms with Crippen molar-refractivity contribution in [3.05, 3.63) is 70.2 Å². The van der Waals surface area contributed by atoms with Crippen molar-refractivity contribution in [3.8, 4) is 11.5 Å². The molecule has 0 fully saturated rings. The lowest BCUT2D eigenvalue weighted by Gasteiger charge is -2.14. The molecular weight excluding hydrogens is 404 g/mol. The van der Waals surface area contributed by atoms with Crippen LogP contribution in [-0.2, 0) is 16.1 Å². The highest BCUT2D eigenvalue weighted by Crippen LogP contribution is 2.18. The van der Waals surface area contributed by atoms with Gasteiger partial charge in [-0.2, -0.15) is 0 Å². The molecule has 1 unspecified atom stereocenters. The molecule has 0 saturated heterocycles. The average molecular weight is 426 g/mol. The minimum Gasteiger partial charge on any atom is -0.497 e. The molecule has 8 heteroatoms. The Morgan fingerprint density at radius 3 is 2.33 bits per heavy atom. The number of nitrogens with zero attached hydrogens (tertiary/aromatic N) is 1. The molecule has 1 N–H and O–H groups in total. The Morgan fingerprint density at radius 2 is 1.73 bits per heavy atom. The van der Waals surface area contributed by atoms with Crippen molar-refractivity contribution in [2.24, 2.45) is 0 Å². The van der Waals surface area contributed by atoms with Crippen LogP contribution in [0.3, 0.4) is 0 Å². The fourth-order valence-electron chi connectivity index (χ4n) is 2.52. The van der Waals surface area contributed by atoms with Gasteiger partial charge in [0.05, 0.1) is 23.4 Å². The highest BCUT2D eigenvalue weighted by molar-refractivity contribution is 7.09. The molecule has 0 saturated carbocycles. The summed E-state index contributed by atoms with van der Waals surface area (Å²) in [5.74, 6) is 0.283. The Hall–Kier alpha value is -3.39. The molecule has 0 spiro atoms. The third-order valence-corrected chi connectivity index (χ3v) is 4.98. The van der Waals surface area contributed by atoms with Crippen LogP contribution in [0, 0.1) is 6.92 Å². The lowest BCUT2D eigenvalue weighted by Crippen LogP contribution is -2.29. The quantitative estimate of drug-likeness (QED) is 0.543. The summed E-state index contributed by atoms with van der Waals surface area (Å²) in [4.78, 5) is 28.9. The van der Waals surface area contributed by atoms with Gasteiger partial charge in [0, 0.05) is 11.1 Å². The predicted molar refractivity (Wildman–Crippen MR) is 114 cm³/mol. The standard InChI is InChI=1S/C22H22N2O5S/c1-14(21(25)24-17-6-10-19(27-3)11-7-17)29-22(26)16-4-8-20(9-5-16)28-12-18-13-30-15(2)23-18/h4-11,13-14H,12H2,1-3H3,(H,24,25). The SMILES string of the molecule is COc1ccc(NC(=O)C(C)OC(=O)c2ccc(OCc3csc(C)n3)cc2)cc1.